The minimum absolute atomic E-state index is 0. The van der Waals surface area contributed by atoms with Crippen LogP contribution in [0.25, 0.3) is 11.3 Å². The molecule has 2 N–H and O–H groups in total. The van der Waals surface area contributed by atoms with E-state index in [1.165, 1.54) is 0 Å². The van der Waals surface area contributed by atoms with Gasteiger partial charge in [0.15, 0.2) is 5.96 Å². The van der Waals surface area contributed by atoms with E-state index in [-0.39, 0.29) is 24.0 Å². The van der Waals surface area contributed by atoms with Gasteiger partial charge in [-0.25, -0.2) is 9.98 Å². The van der Waals surface area contributed by atoms with Crippen molar-refractivity contribution in [1.82, 2.24) is 15.6 Å². The maximum atomic E-state index is 4.67. The molecule has 0 fully saturated rings. The Hall–Kier alpha value is -1.15. The fraction of sp³-hybridized carbons (Fsp3) is 0.412. The number of halogens is 1. The highest BCUT2D eigenvalue weighted by atomic mass is 127. The van der Waals surface area contributed by atoms with Crippen molar-refractivity contribution in [2.45, 2.75) is 39.8 Å². The maximum Gasteiger partial charge on any atom is 0.191 e. The fourth-order valence-corrected chi connectivity index (χ4v) is 2.65. The van der Waals surface area contributed by atoms with Gasteiger partial charge in [0.2, 0.25) is 0 Å². The number of aliphatic imine (C=N–C) groups is 1. The van der Waals surface area contributed by atoms with Crippen LogP contribution in [0.1, 0.15) is 32.2 Å². The second kappa shape index (κ2) is 10.6. The zero-order valence-corrected chi connectivity index (χ0v) is 17.0. The number of hydrogen-bond donors (Lipinski definition) is 2. The lowest BCUT2D eigenvalue weighted by Crippen LogP contribution is -2.41. The molecule has 2 aromatic rings. The molecular formula is C17H25IN4S. The summed E-state index contributed by atoms with van der Waals surface area (Å²) in [6, 6.07) is 10.7. The van der Waals surface area contributed by atoms with E-state index < -0.39 is 0 Å². The van der Waals surface area contributed by atoms with E-state index in [2.05, 4.69) is 58.9 Å². The van der Waals surface area contributed by atoms with Crippen molar-refractivity contribution in [3.8, 4) is 11.3 Å². The Morgan fingerprint density at radius 3 is 2.65 bits per heavy atom. The molecule has 1 aromatic heterocycles. The lowest BCUT2D eigenvalue weighted by Gasteiger charge is -2.15. The van der Waals surface area contributed by atoms with Gasteiger partial charge in [0, 0.05) is 23.5 Å². The van der Waals surface area contributed by atoms with Gasteiger partial charge in [0.1, 0.15) is 5.01 Å². The summed E-state index contributed by atoms with van der Waals surface area (Å²) in [6.45, 7) is 7.85. The SMILES string of the molecule is CCNC(=NCc1nc(-c2ccccc2)cs1)NC(C)CC.I. The fourth-order valence-electron chi connectivity index (χ4n) is 1.93. The Morgan fingerprint density at radius 1 is 1.26 bits per heavy atom. The summed E-state index contributed by atoms with van der Waals surface area (Å²) in [4.78, 5) is 9.29. The van der Waals surface area contributed by atoms with Crippen molar-refractivity contribution in [3.05, 3.63) is 40.7 Å². The topological polar surface area (TPSA) is 49.3 Å². The molecule has 0 radical (unpaired) electrons. The molecule has 23 heavy (non-hydrogen) atoms. The number of thiazole rings is 1. The van der Waals surface area contributed by atoms with Gasteiger partial charge in [0.05, 0.1) is 12.2 Å². The van der Waals surface area contributed by atoms with Crippen LogP contribution in [0.2, 0.25) is 0 Å². The Bertz CT molecular complexity index is 598. The molecule has 0 saturated heterocycles. The molecule has 0 saturated carbocycles. The number of aromatic nitrogens is 1. The van der Waals surface area contributed by atoms with Gasteiger partial charge < -0.3 is 10.6 Å². The van der Waals surface area contributed by atoms with E-state index in [0.29, 0.717) is 12.6 Å². The Labute approximate surface area is 159 Å². The third kappa shape index (κ3) is 6.47. The molecule has 1 unspecified atom stereocenters. The first kappa shape index (κ1) is 19.9. The number of hydrogen-bond acceptors (Lipinski definition) is 3. The van der Waals surface area contributed by atoms with Crippen molar-refractivity contribution < 1.29 is 0 Å². The summed E-state index contributed by atoms with van der Waals surface area (Å²) >= 11 is 1.66. The molecule has 1 aromatic carbocycles. The van der Waals surface area contributed by atoms with E-state index in [1.807, 2.05) is 18.2 Å². The summed E-state index contributed by atoms with van der Waals surface area (Å²) in [5.74, 6) is 0.855. The molecule has 1 atom stereocenters. The van der Waals surface area contributed by atoms with Gasteiger partial charge in [-0.1, -0.05) is 37.3 Å². The number of guanidine groups is 1. The Kier molecular flexibility index (Phi) is 9.16. The van der Waals surface area contributed by atoms with Crippen LogP contribution in [0.3, 0.4) is 0 Å². The second-order valence-electron chi connectivity index (χ2n) is 5.14. The van der Waals surface area contributed by atoms with Gasteiger partial charge in [0.25, 0.3) is 0 Å². The zero-order valence-electron chi connectivity index (χ0n) is 13.9. The molecule has 126 valence electrons. The summed E-state index contributed by atoms with van der Waals surface area (Å²) in [6.07, 6.45) is 1.07. The van der Waals surface area contributed by atoms with E-state index in [4.69, 9.17) is 0 Å². The highest BCUT2D eigenvalue weighted by Gasteiger charge is 2.05. The average molecular weight is 444 g/mol. The summed E-state index contributed by atoms with van der Waals surface area (Å²) < 4.78 is 0. The van der Waals surface area contributed by atoms with E-state index in [1.54, 1.807) is 11.3 Å². The highest BCUT2D eigenvalue weighted by Crippen LogP contribution is 2.21. The van der Waals surface area contributed by atoms with Crippen LogP contribution in [0.4, 0.5) is 0 Å². The zero-order chi connectivity index (χ0) is 15.8. The Morgan fingerprint density at radius 2 is 2.00 bits per heavy atom. The van der Waals surface area contributed by atoms with Gasteiger partial charge in [-0.2, -0.15) is 0 Å². The second-order valence-corrected chi connectivity index (χ2v) is 6.08. The van der Waals surface area contributed by atoms with Crippen molar-refractivity contribution >= 4 is 41.3 Å². The van der Waals surface area contributed by atoms with Crippen LogP contribution < -0.4 is 10.6 Å². The first-order chi connectivity index (χ1) is 10.7. The minimum atomic E-state index is 0. The standard InChI is InChI=1S/C17H24N4S.HI/c1-4-13(3)20-17(18-5-2)19-11-16-21-15(12-22-16)14-9-7-6-8-10-14;/h6-10,12-13H,4-5,11H2,1-3H3,(H2,18,19,20);1H. The van der Waals surface area contributed by atoms with Gasteiger partial charge in [-0.3, -0.25) is 0 Å². The van der Waals surface area contributed by atoms with Crippen LogP contribution in [-0.2, 0) is 6.54 Å². The quantitative estimate of drug-likeness (QED) is 0.397. The van der Waals surface area contributed by atoms with Crippen LogP contribution >= 0.6 is 35.3 Å². The van der Waals surface area contributed by atoms with E-state index in [0.717, 1.165) is 35.2 Å². The van der Waals surface area contributed by atoms with E-state index >= 15 is 0 Å². The predicted molar refractivity (Wildman–Crippen MR) is 111 cm³/mol. The molecule has 6 heteroatoms. The molecule has 0 aliphatic rings. The van der Waals surface area contributed by atoms with Crippen molar-refractivity contribution in [2.75, 3.05) is 6.54 Å². The highest BCUT2D eigenvalue weighted by molar-refractivity contribution is 14.0. The molecule has 0 amide bonds. The third-order valence-corrected chi connectivity index (χ3v) is 4.17. The number of nitrogens with zero attached hydrogens (tertiary/aromatic N) is 2. The number of nitrogens with one attached hydrogen (secondary N) is 2. The third-order valence-electron chi connectivity index (χ3n) is 3.33. The smallest absolute Gasteiger partial charge is 0.191 e. The summed E-state index contributed by atoms with van der Waals surface area (Å²) in [7, 11) is 0. The van der Waals surface area contributed by atoms with Crippen molar-refractivity contribution in [1.29, 1.82) is 0 Å². The molecule has 0 spiro atoms. The monoisotopic (exact) mass is 444 g/mol. The largest absolute Gasteiger partial charge is 0.357 e. The summed E-state index contributed by atoms with van der Waals surface area (Å²) in [5, 5.41) is 9.78. The molecule has 4 nitrogen and oxygen atoms in total. The van der Waals surface area contributed by atoms with E-state index in [9.17, 15) is 0 Å². The minimum Gasteiger partial charge on any atom is -0.357 e. The first-order valence-electron chi connectivity index (χ1n) is 7.77. The van der Waals surface area contributed by atoms with Crippen molar-refractivity contribution in [2.24, 2.45) is 4.99 Å². The molecule has 1 heterocycles. The predicted octanol–water partition coefficient (Wildman–Crippen LogP) is 4.28. The average Bonchev–Trinajstić information content (AvgIpc) is 3.02. The molecule has 2 rings (SSSR count). The lowest BCUT2D eigenvalue weighted by molar-refractivity contribution is 0.624. The van der Waals surface area contributed by atoms with Gasteiger partial charge >= 0.3 is 0 Å². The molecule has 0 aliphatic carbocycles. The normalized spacial score (nSPS) is 12.4. The molecule has 0 bridgehead atoms. The van der Waals surface area contributed by atoms with Crippen LogP contribution in [0, 0.1) is 0 Å². The lowest BCUT2D eigenvalue weighted by atomic mass is 10.2. The number of benzene rings is 1. The van der Waals surface area contributed by atoms with Crippen LogP contribution in [0.15, 0.2) is 40.7 Å². The van der Waals surface area contributed by atoms with Crippen molar-refractivity contribution in [3.63, 3.8) is 0 Å². The molecule has 0 aliphatic heterocycles. The maximum absolute atomic E-state index is 4.67. The summed E-state index contributed by atoms with van der Waals surface area (Å²) in [5.41, 5.74) is 2.18. The van der Waals surface area contributed by atoms with Gasteiger partial charge in [-0.05, 0) is 20.3 Å². The molecular weight excluding hydrogens is 419 g/mol. The van der Waals surface area contributed by atoms with Gasteiger partial charge in [-0.15, -0.1) is 35.3 Å². The number of rotatable bonds is 6. The first-order valence-corrected chi connectivity index (χ1v) is 8.65. The van der Waals surface area contributed by atoms with Crippen LogP contribution in [0.5, 0.6) is 0 Å². The van der Waals surface area contributed by atoms with Crippen LogP contribution in [-0.4, -0.2) is 23.5 Å². The Balaban J connectivity index is 0.00000264.